The van der Waals surface area contributed by atoms with Crippen LogP contribution in [0.1, 0.15) is 99.3 Å². The van der Waals surface area contributed by atoms with Crippen LogP contribution in [0.4, 0.5) is 9.59 Å². The van der Waals surface area contributed by atoms with Crippen molar-refractivity contribution < 1.29 is 28.7 Å². The lowest BCUT2D eigenvalue weighted by molar-refractivity contribution is -0.121. The first-order valence-corrected chi connectivity index (χ1v) is 22.6. The molecule has 4 aromatic carbocycles. The van der Waals surface area contributed by atoms with Gasteiger partial charge in [0.2, 0.25) is 0 Å². The predicted molar refractivity (Wildman–Crippen MR) is 232 cm³/mol. The standard InChI is InChI=1S/C47H54N2O6S2/c1-3-5-7-25-44(50)42(48-46(52)54-27-40-36-21-13-9-17-32(36)33-18-10-14-22-37(33)40)29-56-31-57-30-43(45(51)26-8-6-4-2)49-47(53)55-28-41-38-23-15-11-19-34(38)35-20-12-16-24-39(35)41/h9-24,40-43H,3-8,25-31H2,1-2H3,(H,48,52)(H,49,53)/t42-,43-/m0/s1. The topological polar surface area (TPSA) is 111 Å². The molecule has 0 unspecified atom stereocenters. The summed E-state index contributed by atoms with van der Waals surface area (Å²) in [6, 6.07) is 31.3. The number of carbonyl (C=O) groups excluding carboxylic acids is 4. The van der Waals surface area contributed by atoms with E-state index >= 15 is 0 Å². The summed E-state index contributed by atoms with van der Waals surface area (Å²) in [7, 11) is 0. The molecule has 0 bridgehead atoms. The Bertz CT molecular complexity index is 1770. The summed E-state index contributed by atoms with van der Waals surface area (Å²) in [4.78, 5) is 53.1. The van der Waals surface area contributed by atoms with Crippen molar-refractivity contribution in [2.45, 2.75) is 89.1 Å². The minimum absolute atomic E-state index is 0.0182. The number of Topliss-reactive ketones (excluding diaryl/α,β-unsaturated/α-hetero) is 2. The van der Waals surface area contributed by atoms with E-state index in [9.17, 15) is 19.2 Å². The maximum atomic E-state index is 13.3. The summed E-state index contributed by atoms with van der Waals surface area (Å²) in [6.07, 6.45) is 4.95. The van der Waals surface area contributed by atoms with Gasteiger partial charge in [-0.25, -0.2) is 9.59 Å². The maximum Gasteiger partial charge on any atom is 0.407 e. The van der Waals surface area contributed by atoms with Crippen molar-refractivity contribution in [3.05, 3.63) is 119 Å². The van der Waals surface area contributed by atoms with Crippen LogP contribution in [0.25, 0.3) is 22.3 Å². The van der Waals surface area contributed by atoms with E-state index < -0.39 is 24.3 Å². The normalized spacial score (nSPS) is 13.8. The first-order chi connectivity index (χ1) is 27.9. The van der Waals surface area contributed by atoms with Crippen LogP contribution in [-0.2, 0) is 19.1 Å². The average Bonchev–Trinajstić information content (AvgIpc) is 3.73. The highest BCUT2D eigenvalue weighted by Gasteiger charge is 2.31. The van der Waals surface area contributed by atoms with Gasteiger partial charge in [0.05, 0.1) is 12.1 Å². The number of alkyl carbamates (subject to hydrolysis) is 2. The summed E-state index contributed by atoms with van der Waals surface area (Å²) in [5, 5.41) is 6.30. The Labute approximate surface area is 345 Å². The zero-order valence-electron chi connectivity index (χ0n) is 33.0. The van der Waals surface area contributed by atoms with Crippen LogP contribution in [0.3, 0.4) is 0 Å². The minimum Gasteiger partial charge on any atom is -0.449 e. The largest absolute Gasteiger partial charge is 0.449 e. The molecule has 300 valence electrons. The molecular weight excluding hydrogens is 753 g/mol. The fourth-order valence-corrected chi connectivity index (χ4v) is 10.1. The van der Waals surface area contributed by atoms with Crippen LogP contribution in [0, 0.1) is 0 Å². The molecule has 0 saturated heterocycles. The van der Waals surface area contributed by atoms with Crippen molar-refractivity contribution in [3.63, 3.8) is 0 Å². The van der Waals surface area contributed by atoms with Gasteiger partial charge in [-0.3, -0.25) is 9.59 Å². The lowest BCUT2D eigenvalue weighted by Crippen LogP contribution is -2.43. The van der Waals surface area contributed by atoms with Gasteiger partial charge in [0.25, 0.3) is 0 Å². The molecule has 2 aliphatic carbocycles. The molecule has 0 fully saturated rings. The molecular formula is C47H54N2O6S2. The molecule has 2 atom stereocenters. The molecule has 0 aliphatic heterocycles. The van der Waals surface area contributed by atoms with E-state index in [1.807, 2.05) is 48.5 Å². The molecule has 2 N–H and O–H groups in total. The van der Waals surface area contributed by atoms with Gasteiger partial charge in [0.1, 0.15) is 13.2 Å². The van der Waals surface area contributed by atoms with Gasteiger partial charge >= 0.3 is 12.2 Å². The lowest BCUT2D eigenvalue weighted by atomic mass is 9.98. The second kappa shape index (κ2) is 21.3. The molecule has 10 heteroatoms. The van der Waals surface area contributed by atoms with Crippen molar-refractivity contribution in [2.75, 3.05) is 29.8 Å². The molecule has 4 aromatic rings. The molecule has 0 spiro atoms. The summed E-state index contributed by atoms with van der Waals surface area (Å²) in [5.74, 6) is 0.555. The first-order valence-electron chi connectivity index (χ1n) is 20.3. The van der Waals surface area contributed by atoms with E-state index in [1.165, 1.54) is 23.5 Å². The van der Waals surface area contributed by atoms with Crippen molar-refractivity contribution in [1.29, 1.82) is 0 Å². The van der Waals surface area contributed by atoms with Gasteiger partial charge in [-0.1, -0.05) is 137 Å². The van der Waals surface area contributed by atoms with Crippen LogP contribution in [-0.4, -0.2) is 65.6 Å². The first kappa shape index (κ1) is 42.1. The number of amides is 2. The molecule has 0 saturated carbocycles. The van der Waals surface area contributed by atoms with Gasteiger partial charge in [-0.15, -0.1) is 23.5 Å². The SMILES string of the molecule is CCCCCC(=O)[C@H](CSCSC[C@H](NC(=O)OCC1c2ccccc2-c2ccccc21)C(=O)CCCCC)NC(=O)OCC1c2ccccc2-c2ccccc21. The number of ether oxygens (including phenoxy) is 2. The number of fused-ring (bicyclic) bond motifs is 6. The number of hydrogen-bond donors (Lipinski definition) is 2. The van der Waals surface area contributed by atoms with Crippen molar-refractivity contribution >= 4 is 47.3 Å². The Kier molecular flexibility index (Phi) is 15.7. The molecule has 0 radical (unpaired) electrons. The number of ketones is 2. The maximum absolute atomic E-state index is 13.3. The summed E-state index contributed by atoms with van der Waals surface area (Å²) in [5.41, 5.74) is 9.11. The molecule has 0 heterocycles. The van der Waals surface area contributed by atoms with Crippen LogP contribution >= 0.6 is 23.5 Å². The summed E-state index contributed by atoms with van der Waals surface area (Å²) in [6.45, 7) is 4.52. The molecule has 57 heavy (non-hydrogen) atoms. The van der Waals surface area contributed by atoms with Gasteiger partial charge in [-0.2, -0.15) is 0 Å². The Morgan fingerprint density at radius 1 is 0.526 bits per heavy atom. The third kappa shape index (κ3) is 10.9. The summed E-state index contributed by atoms with van der Waals surface area (Å²) < 4.78 is 11.6. The van der Waals surface area contributed by atoms with E-state index in [0.717, 1.165) is 83.0 Å². The number of thioether (sulfide) groups is 2. The number of hydrogen-bond acceptors (Lipinski definition) is 8. The van der Waals surface area contributed by atoms with Gasteiger partial charge in [0.15, 0.2) is 11.6 Å². The van der Waals surface area contributed by atoms with E-state index in [2.05, 4.69) is 73.0 Å². The second-order valence-corrected chi connectivity index (χ2v) is 17.2. The number of benzene rings is 4. The Balaban J connectivity index is 1.01. The highest BCUT2D eigenvalue weighted by Crippen LogP contribution is 2.45. The number of carbonyl (C=O) groups is 4. The van der Waals surface area contributed by atoms with Crippen LogP contribution in [0.5, 0.6) is 0 Å². The van der Waals surface area contributed by atoms with Crippen molar-refractivity contribution in [2.24, 2.45) is 0 Å². The van der Waals surface area contributed by atoms with Crippen LogP contribution in [0.15, 0.2) is 97.1 Å². The zero-order valence-corrected chi connectivity index (χ0v) is 34.6. The number of rotatable bonds is 22. The second-order valence-electron chi connectivity index (χ2n) is 14.8. The van der Waals surface area contributed by atoms with Crippen molar-refractivity contribution in [3.8, 4) is 22.3 Å². The van der Waals surface area contributed by atoms with Gasteiger partial charge < -0.3 is 20.1 Å². The fourth-order valence-electron chi connectivity index (χ4n) is 7.83. The zero-order chi connectivity index (χ0) is 40.0. The highest BCUT2D eigenvalue weighted by molar-refractivity contribution is 8.16. The lowest BCUT2D eigenvalue weighted by Gasteiger charge is -2.20. The Morgan fingerprint density at radius 3 is 1.19 bits per heavy atom. The van der Waals surface area contributed by atoms with Crippen molar-refractivity contribution in [1.82, 2.24) is 10.6 Å². The fraction of sp³-hybridized carbons (Fsp3) is 0.404. The van der Waals surface area contributed by atoms with E-state index in [4.69, 9.17) is 9.47 Å². The number of nitrogens with one attached hydrogen (secondary N) is 2. The van der Waals surface area contributed by atoms with Crippen LogP contribution < -0.4 is 10.6 Å². The van der Waals surface area contributed by atoms with Gasteiger partial charge in [-0.05, 0) is 57.3 Å². The average molecular weight is 807 g/mol. The molecule has 6 rings (SSSR count). The quantitative estimate of drug-likeness (QED) is 0.0597. The molecule has 2 amide bonds. The third-order valence-electron chi connectivity index (χ3n) is 10.8. The minimum atomic E-state index is -0.700. The smallest absolute Gasteiger partial charge is 0.407 e. The highest BCUT2D eigenvalue weighted by atomic mass is 32.2. The van der Waals surface area contributed by atoms with E-state index in [1.54, 1.807) is 0 Å². The number of unbranched alkanes of at least 4 members (excludes halogenated alkanes) is 4. The van der Waals surface area contributed by atoms with E-state index in [-0.39, 0.29) is 36.6 Å². The predicted octanol–water partition coefficient (Wildman–Crippen LogP) is 10.5. The van der Waals surface area contributed by atoms with E-state index in [0.29, 0.717) is 29.4 Å². The van der Waals surface area contributed by atoms with Gasteiger partial charge in [0, 0.05) is 41.3 Å². The Morgan fingerprint density at radius 2 is 0.860 bits per heavy atom. The third-order valence-corrected chi connectivity index (χ3v) is 13.3. The van der Waals surface area contributed by atoms with Crippen LogP contribution in [0.2, 0.25) is 0 Å². The monoisotopic (exact) mass is 806 g/mol. The molecule has 8 nitrogen and oxygen atoms in total. The molecule has 2 aliphatic rings. The summed E-state index contributed by atoms with van der Waals surface area (Å²) >= 11 is 3.04. The molecule has 0 aromatic heterocycles. The Hall–Kier alpha value is -4.54.